The number of hydrogen-bond acceptors (Lipinski definition) is 4. The molecule has 0 radical (unpaired) electrons. The summed E-state index contributed by atoms with van der Waals surface area (Å²) in [7, 11) is 1.69. The molecule has 1 aromatic rings. The Balaban J connectivity index is 1.41. The molecule has 1 aromatic carbocycles. The molecule has 1 amide bonds. The molecule has 2 atom stereocenters. The van der Waals surface area contributed by atoms with E-state index in [1.807, 2.05) is 12.1 Å². The molecule has 1 saturated carbocycles. The summed E-state index contributed by atoms with van der Waals surface area (Å²) in [6.07, 6.45) is 7.21. The lowest BCUT2D eigenvalue weighted by Gasteiger charge is -2.30. The maximum absolute atomic E-state index is 12.8. The van der Waals surface area contributed by atoms with E-state index in [4.69, 9.17) is 4.74 Å². The Labute approximate surface area is 156 Å². The van der Waals surface area contributed by atoms with E-state index in [0.29, 0.717) is 12.6 Å². The van der Waals surface area contributed by atoms with Crippen molar-refractivity contribution in [2.24, 2.45) is 0 Å². The van der Waals surface area contributed by atoms with Crippen molar-refractivity contribution in [1.29, 1.82) is 0 Å². The molecule has 4 rings (SSSR count). The maximum Gasteiger partial charge on any atom is 0.237 e. The monoisotopic (exact) mass is 357 g/mol. The predicted molar refractivity (Wildman–Crippen MR) is 102 cm³/mol. The Morgan fingerprint density at radius 3 is 2.50 bits per heavy atom. The van der Waals surface area contributed by atoms with Crippen molar-refractivity contribution in [2.75, 3.05) is 33.3 Å². The molecule has 1 N–H and O–H groups in total. The van der Waals surface area contributed by atoms with Crippen molar-refractivity contribution < 1.29 is 9.53 Å². The smallest absolute Gasteiger partial charge is 0.237 e. The minimum Gasteiger partial charge on any atom is -0.497 e. The largest absolute Gasteiger partial charge is 0.497 e. The van der Waals surface area contributed by atoms with Gasteiger partial charge in [-0.15, -0.1) is 0 Å². The van der Waals surface area contributed by atoms with Crippen molar-refractivity contribution in [2.45, 2.75) is 56.7 Å². The van der Waals surface area contributed by atoms with Gasteiger partial charge in [0, 0.05) is 12.6 Å². The normalized spacial score (nSPS) is 25.3. The van der Waals surface area contributed by atoms with Gasteiger partial charge in [-0.1, -0.05) is 12.1 Å². The van der Waals surface area contributed by atoms with E-state index in [1.54, 1.807) is 7.11 Å². The summed E-state index contributed by atoms with van der Waals surface area (Å²) in [6, 6.07) is 9.34. The average molecular weight is 357 g/mol. The molecule has 2 heterocycles. The van der Waals surface area contributed by atoms with Crippen LogP contribution in [0.5, 0.6) is 5.75 Å². The molecule has 0 aromatic heterocycles. The first-order valence-corrected chi connectivity index (χ1v) is 10.2. The lowest BCUT2D eigenvalue weighted by Crippen LogP contribution is -2.46. The highest BCUT2D eigenvalue weighted by molar-refractivity contribution is 5.82. The molecular formula is C21H31N3O2. The van der Waals surface area contributed by atoms with Crippen molar-refractivity contribution in [1.82, 2.24) is 15.1 Å². The van der Waals surface area contributed by atoms with E-state index < -0.39 is 0 Å². The van der Waals surface area contributed by atoms with Crippen molar-refractivity contribution in [3.8, 4) is 5.75 Å². The fourth-order valence-corrected chi connectivity index (χ4v) is 4.57. The summed E-state index contributed by atoms with van der Waals surface area (Å²) in [5.41, 5.74) is 1.26. The summed E-state index contributed by atoms with van der Waals surface area (Å²) in [4.78, 5) is 17.8. The van der Waals surface area contributed by atoms with Crippen LogP contribution in [0, 0.1) is 0 Å². The van der Waals surface area contributed by atoms with E-state index in [2.05, 4.69) is 27.2 Å². The quantitative estimate of drug-likeness (QED) is 0.815. The molecule has 1 aliphatic carbocycles. The molecule has 2 saturated heterocycles. The predicted octanol–water partition coefficient (Wildman–Crippen LogP) is 2.58. The van der Waals surface area contributed by atoms with Crippen LogP contribution >= 0.6 is 0 Å². The number of ether oxygens (including phenoxy) is 1. The van der Waals surface area contributed by atoms with Gasteiger partial charge in [0.15, 0.2) is 0 Å². The second-order valence-corrected chi connectivity index (χ2v) is 7.90. The van der Waals surface area contributed by atoms with Crippen LogP contribution < -0.4 is 10.1 Å². The maximum atomic E-state index is 12.8. The lowest BCUT2D eigenvalue weighted by atomic mass is 10.0. The number of nitrogens with zero attached hydrogens (tertiary/aromatic N) is 2. The van der Waals surface area contributed by atoms with E-state index in [1.165, 1.54) is 31.2 Å². The van der Waals surface area contributed by atoms with Gasteiger partial charge in [0.2, 0.25) is 5.91 Å². The van der Waals surface area contributed by atoms with Gasteiger partial charge in [0.1, 0.15) is 5.75 Å². The zero-order valence-electron chi connectivity index (χ0n) is 15.8. The standard InChI is InChI=1S/C21H31N3O2/c1-26-18-10-6-16(7-11-18)20(23-12-2-3-13-23)15-22-21(25)19-5-4-14-24(19)17-8-9-17/h6-7,10-11,17,19-20H,2-5,8-9,12-15H2,1H3,(H,22,25)/t19-,20+/m1/s1. The first kappa shape index (κ1) is 17.8. The van der Waals surface area contributed by atoms with Gasteiger partial charge in [0.25, 0.3) is 0 Å². The molecule has 3 aliphatic rings. The molecule has 5 heteroatoms. The highest BCUT2D eigenvalue weighted by atomic mass is 16.5. The molecule has 2 aliphatic heterocycles. The van der Waals surface area contributed by atoms with Crippen LogP contribution in [-0.2, 0) is 4.79 Å². The van der Waals surface area contributed by atoms with Crippen molar-refractivity contribution in [3.05, 3.63) is 29.8 Å². The molecule has 0 spiro atoms. The summed E-state index contributed by atoms with van der Waals surface area (Å²) in [5.74, 6) is 1.11. The number of rotatable bonds is 7. The third-order valence-corrected chi connectivity index (χ3v) is 6.16. The van der Waals surface area contributed by atoms with Crippen LogP contribution in [0.2, 0.25) is 0 Å². The van der Waals surface area contributed by atoms with Crippen LogP contribution in [0.25, 0.3) is 0 Å². The van der Waals surface area contributed by atoms with Gasteiger partial charge < -0.3 is 10.1 Å². The highest BCUT2D eigenvalue weighted by Gasteiger charge is 2.40. The minimum atomic E-state index is 0.0950. The van der Waals surface area contributed by atoms with E-state index in [9.17, 15) is 4.79 Å². The summed E-state index contributed by atoms with van der Waals surface area (Å²) < 4.78 is 5.29. The van der Waals surface area contributed by atoms with E-state index in [0.717, 1.165) is 38.2 Å². The third kappa shape index (κ3) is 3.89. The number of methoxy groups -OCH3 is 1. The van der Waals surface area contributed by atoms with Crippen LogP contribution in [0.4, 0.5) is 0 Å². The number of carbonyl (C=O) groups is 1. The Kier molecular flexibility index (Phi) is 5.46. The second-order valence-electron chi connectivity index (χ2n) is 7.90. The van der Waals surface area contributed by atoms with Gasteiger partial charge in [-0.2, -0.15) is 0 Å². The molecular weight excluding hydrogens is 326 g/mol. The fourth-order valence-electron chi connectivity index (χ4n) is 4.57. The van der Waals surface area contributed by atoms with Gasteiger partial charge in [-0.05, 0) is 75.9 Å². The SMILES string of the molecule is COc1ccc([C@H](CNC(=O)[C@H]2CCCN2C2CC2)N2CCCC2)cc1. The van der Waals surface area contributed by atoms with Crippen LogP contribution in [0.1, 0.15) is 50.1 Å². The molecule has 5 nitrogen and oxygen atoms in total. The van der Waals surface area contributed by atoms with Gasteiger partial charge >= 0.3 is 0 Å². The van der Waals surface area contributed by atoms with Crippen molar-refractivity contribution >= 4 is 5.91 Å². The molecule has 0 bridgehead atoms. The minimum absolute atomic E-state index is 0.0950. The second kappa shape index (κ2) is 7.97. The summed E-state index contributed by atoms with van der Waals surface area (Å²) in [5, 5.41) is 3.29. The summed E-state index contributed by atoms with van der Waals surface area (Å²) in [6.45, 7) is 4.02. The van der Waals surface area contributed by atoms with E-state index in [-0.39, 0.29) is 18.0 Å². The number of benzene rings is 1. The number of likely N-dealkylation sites (tertiary alicyclic amines) is 2. The number of nitrogens with one attached hydrogen (secondary N) is 1. The first-order valence-electron chi connectivity index (χ1n) is 10.2. The molecule has 0 unspecified atom stereocenters. The Morgan fingerprint density at radius 2 is 1.85 bits per heavy atom. The van der Waals surface area contributed by atoms with Crippen molar-refractivity contribution in [3.63, 3.8) is 0 Å². The lowest BCUT2D eigenvalue weighted by molar-refractivity contribution is -0.125. The van der Waals surface area contributed by atoms with Crippen LogP contribution in [0.15, 0.2) is 24.3 Å². The Morgan fingerprint density at radius 1 is 1.12 bits per heavy atom. The molecule has 142 valence electrons. The number of hydrogen-bond donors (Lipinski definition) is 1. The zero-order valence-corrected chi connectivity index (χ0v) is 15.8. The Bertz CT molecular complexity index is 608. The third-order valence-electron chi connectivity index (χ3n) is 6.16. The highest BCUT2D eigenvalue weighted by Crippen LogP contribution is 2.33. The molecule has 3 fully saturated rings. The summed E-state index contributed by atoms with van der Waals surface area (Å²) >= 11 is 0. The fraction of sp³-hybridized carbons (Fsp3) is 0.667. The first-order chi connectivity index (χ1) is 12.8. The van der Waals surface area contributed by atoms with Crippen LogP contribution in [0.3, 0.4) is 0 Å². The van der Waals surface area contributed by atoms with Gasteiger partial charge in [0.05, 0.1) is 19.2 Å². The van der Waals surface area contributed by atoms with Gasteiger partial charge in [-0.25, -0.2) is 0 Å². The zero-order chi connectivity index (χ0) is 17.9. The van der Waals surface area contributed by atoms with Gasteiger partial charge in [-0.3, -0.25) is 14.6 Å². The molecule has 26 heavy (non-hydrogen) atoms. The number of carbonyl (C=O) groups excluding carboxylic acids is 1. The van der Waals surface area contributed by atoms with Crippen LogP contribution in [-0.4, -0.2) is 61.1 Å². The number of amides is 1. The Hall–Kier alpha value is -1.59. The topological polar surface area (TPSA) is 44.8 Å². The van der Waals surface area contributed by atoms with E-state index >= 15 is 0 Å². The average Bonchev–Trinajstić information content (AvgIpc) is 3.17.